The molecule has 5 rings (SSSR count). The molecule has 0 unspecified atom stereocenters. The molecule has 31 heavy (non-hydrogen) atoms. The summed E-state index contributed by atoms with van der Waals surface area (Å²) < 4.78 is 53.6. The lowest BCUT2D eigenvalue weighted by atomic mass is 10.1. The number of fused-ring (bicyclic) bond motifs is 1. The summed E-state index contributed by atoms with van der Waals surface area (Å²) in [5.41, 5.74) is -0.379. The number of hydrogen-bond donors (Lipinski definition) is 0. The summed E-state index contributed by atoms with van der Waals surface area (Å²) in [5.74, 6) is 1.14. The molecule has 2 aromatic heterocycles. The molecule has 2 fully saturated rings. The summed E-state index contributed by atoms with van der Waals surface area (Å²) in [6.07, 6.45) is -2.86. The van der Waals surface area contributed by atoms with E-state index in [9.17, 15) is 18.0 Å². The predicted molar refractivity (Wildman–Crippen MR) is 103 cm³/mol. The minimum absolute atomic E-state index is 0.0208. The van der Waals surface area contributed by atoms with Gasteiger partial charge in [0.15, 0.2) is 5.82 Å². The summed E-state index contributed by atoms with van der Waals surface area (Å²) in [7, 11) is 0. The second kappa shape index (κ2) is 7.50. The highest BCUT2D eigenvalue weighted by molar-refractivity contribution is 5.47. The molecule has 168 valence electrons. The van der Waals surface area contributed by atoms with Crippen LogP contribution in [0.25, 0.3) is 0 Å². The van der Waals surface area contributed by atoms with E-state index in [0.29, 0.717) is 31.5 Å². The average Bonchev–Trinajstić information content (AvgIpc) is 3.47. The van der Waals surface area contributed by atoms with Crippen LogP contribution >= 0.6 is 0 Å². The van der Waals surface area contributed by atoms with Crippen LogP contribution in [0, 0.1) is 0 Å². The van der Waals surface area contributed by atoms with Gasteiger partial charge >= 0.3 is 6.18 Å². The van der Waals surface area contributed by atoms with E-state index in [2.05, 4.69) is 15.1 Å². The highest BCUT2D eigenvalue weighted by Gasteiger charge is 2.47. The van der Waals surface area contributed by atoms with Gasteiger partial charge in [-0.05, 0) is 26.2 Å². The molecule has 2 atom stereocenters. The van der Waals surface area contributed by atoms with Crippen molar-refractivity contribution in [3.05, 3.63) is 28.1 Å². The first-order valence-electron chi connectivity index (χ1n) is 10.4. The molecular formula is C19H23F3N6O3. The Labute approximate surface area is 175 Å². The zero-order valence-electron chi connectivity index (χ0n) is 17.0. The van der Waals surface area contributed by atoms with Crippen molar-refractivity contribution in [1.29, 1.82) is 0 Å². The number of anilines is 2. The smallest absolute Gasteiger partial charge is 0.377 e. The van der Waals surface area contributed by atoms with Crippen LogP contribution in [0.3, 0.4) is 0 Å². The predicted octanol–water partition coefficient (Wildman–Crippen LogP) is 2.07. The summed E-state index contributed by atoms with van der Waals surface area (Å²) in [6.45, 7) is 3.06. The van der Waals surface area contributed by atoms with Gasteiger partial charge in [-0.3, -0.25) is 9.36 Å². The zero-order chi connectivity index (χ0) is 21.8. The Morgan fingerprint density at radius 1 is 1.19 bits per heavy atom. The molecule has 0 bridgehead atoms. The lowest BCUT2D eigenvalue weighted by Gasteiger charge is -2.40. The first-order chi connectivity index (χ1) is 14.8. The van der Waals surface area contributed by atoms with E-state index in [-0.39, 0.29) is 48.8 Å². The SMILES string of the molecule is C[C@@H]1COCCN1c1cc(=O)n2c(n1)N(Cc1noc(C3CC3)n1)[C@H](C(F)(F)F)CC2. The topological polar surface area (TPSA) is 89.5 Å². The molecule has 1 saturated carbocycles. The van der Waals surface area contributed by atoms with Crippen molar-refractivity contribution >= 4 is 11.8 Å². The maximum Gasteiger partial charge on any atom is 0.408 e. The van der Waals surface area contributed by atoms with Crippen molar-refractivity contribution in [2.24, 2.45) is 0 Å². The van der Waals surface area contributed by atoms with Gasteiger partial charge in [-0.2, -0.15) is 23.1 Å². The van der Waals surface area contributed by atoms with Crippen LogP contribution < -0.4 is 15.4 Å². The van der Waals surface area contributed by atoms with Gasteiger partial charge in [-0.15, -0.1) is 0 Å². The van der Waals surface area contributed by atoms with Crippen LogP contribution in [-0.2, 0) is 17.8 Å². The number of alkyl halides is 3. The number of nitrogens with zero attached hydrogens (tertiary/aromatic N) is 6. The molecule has 9 nitrogen and oxygen atoms in total. The molecule has 0 aromatic carbocycles. The molecule has 0 spiro atoms. The minimum Gasteiger partial charge on any atom is -0.377 e. The Bertz CT molecular complexity index is 1020. The highest BCUT2D eigenvalue weighted by atomic mass is 19.4. The van der Waals surface area contributed by atoms with Gasteiger partial charge in [0, 0.05) is 25.1 Å². The van der Waals surface area contributed by atoms with Gasteiger partial charge in [-0.25, -0.2) is 0 Å². The maximum absolute atomic E-state index is 13.9. The second-order valence-electron chi connectivity index (χ2n) is 8.32. The van der Waals surface area contributed by atoms with Crippen molar-refractivity contribution in [1.82, 2.24) is 19.7 Å². The Balaban J connectivity index is 1.54. The normalized spacial score (nSPS) is 24.4. The molecule has 0 radical (unpaired) electrons. The van der Waals surface area contributed by atoms with E-state index in [1.165, 1.54) is 10.6 Å². The molecule has 0 amide bonds. The maximum atomic E-state index is 13.9. The van der Waals surface area contributed by atoms with E-state index >= 15 is 0 Å². The fraction of sp³-hybridized carbons (Fsp3) is 0.684. The van der Waals surface area contributed by atoms with Crippen LogP contribution in [0.1, 0.15) is 43.8 Å². The first-order valence-corrected chi connectivity index (χ1v) is 10.4. The van der Waals surface area contributed by atoms with Crippen LogP contribution in [0.4, 0.5) is 24.9 Å². The fourth-order valence-corrected chi connectivity index (χ4v) is 4.17. The number of ether oxygens (including phenoxy) is 1. The van der Waals surface area contributed by atoms with E-state index < -0.39 is 12.2 Å². The largest absolute Gasteiger partial charge is 0.408 e. The molecule has 0 N–H and O–H groups in total. The highest BCUT2D eigenvalue weighted by Crippen LogP contribution is 2.39. The van der Waals surface area contributed by atoms with E-state index in [1.54, 1.807) is 0 Å². The van der Waals surface area contributed by atoms with Gasteiger partial charge in [0.25, 0.3) is 5.56 Å². The van der Waals surface area contributed by atoms with Crippen molar-refractivity contribution in [2.45, 2.75) is 63.5 Å². The zero-order valence-corrected chi connectivity index (χ0v) is 17.0. The number of rotatable bonds is 4. The molecule has 4 heterocycles. The molecule has 3 aliphatic rings. The van der Waals surface area contributed by atoms with Crippen molar-refractivity contribution in [3.63, 3.8) is 0 Å². The van der Waals surface area contributed by atoms with Crippen molar-refractivity contribution < 1.29 is 22.4 Å². The van der Waals surface area contributed by atoms with Crippen LogP contribution in [0.15, 0.2) is 15.4 Å². The minimum atomic E-state index is -4.49. The number of halogens is 3. The van der Waals surface area contributed by atoms with Crippen LogP contribution in [0.2, 0.25) is 0 Å². The quantitative estimate of drug-likeness (QED) is 0.714. The molecule has 2 aliphatic heterocycles. The summed E-state index contributed by atoms with van der Waals surface area (Å²) in [4.78, 5) is 24.6. The summed E-state index contributed by atoms with van der Waals surface area (Å²) in [5, 5.41) is 3.87. The third-order valence-electron chi connectivity index (χ3n) is 6.00. The molecular weight excluding hydrogens is 417 g/mol. The van der Waals surface area contributed by atoms with Gasteiger partial charge in [-0.1, -0.05) is 5.16 Å². The van der Waals surface area contributed by atoms with E-state index in [1.807, 2.05) is 11.8 Å². The second-order valence-corrected chi connectivity index (χ2v) is 8.32. The number of aromatic nitrogens is 4. The average molecular weight is 440 g/mol. The monoisotopic (exact) mass is 440 g/mol. The summed E-state index contributed by atoms with van der Waals surface area (Å²) in [6, 6.07) is -0.450. The van der Waals surface area contributed by atoms with Gasteiger partial charge in [0.2, 0.25) is 11.8 Å². The van der Waals surface area contributed by atoms with E-state index in [0.717, 1.165) is 17.7 Å². The fourth-order valence-electron chi connectivity index (χ4n) is 4.17. The van der Waals surface area contributed by atoms with Gasteiger partial charge in [0.1, 0.15) is 11.9 Å². The first kappa shape index (κ1) is 20.3. The molecule has 1 aliphatic carbocycles. The third-order valence-corrected chi connectivity index (χ3v) is 6.00. The third kappa shape index (κ3) is 3.88. The van der Waals surface area contributed by atoms with Gasteiger partial charge in [0.05, 0.1) is 25.8 Å². The standard InChI is InChI=1S/C19H23F3N6O3/c1-11-10-30-7-6-26(11)15-8-16(29)27-5-4-13(19(20,21)22)28(18(27)24-15)9-14-23-17(31-25-14)12-2-3-12/h8,11-13H,2-7,9-10H2,1H3/t11-,13+/m1/s1. The Morgan fingerprint density at radius 2 is 2.00 bits per heavy atom. The van der Waals surface area contributed by atoms with Crippen molar-refractivity contribution in [3.8, 4) is 0 Å². The Kier molecular flexibility index (Phi) is 4.91. The summed E-state index contributed by atoms with van der Waals surface area (Å²) >= 11 is 0. The van der Waals surface area contributed by atoms with Crippen LogP contribution in [-0.4, -0.2) is 57.7 Å². The Morgan fingerprint density at radius 3 is 2.71 bits per heavy atom. The van der Waals surface area contributed by atoms with E-state index in [4.69, 9.17) is 9.26 Å². The Hall–Kier alpha value is -2.63. The lowest BCUT2D eigenvalue weighted by Crippen LogP contribution is -2.52. The molecule has 12 heteroatoms. The van der Waals surface area contributed by atoms with Crippen molar-refractivity contribution in [2.75, 3.05) is 29.6 Å². The molecule has 1 saturated heterocycles. The van der Waals surface area contributed by atoms with Crippen LogP contribution in [0.5, 0.6) is 0 Å². The molecule has 2 aromatic rings. The number of morpholine rings is 1. The number of hydrogen-bond acceptors (Lipinski definition) is 8. The lowest BCUT2D eigenvalue weighted by molar-refractivity contribution is -0.153. The van der Waals surface area contributed by atoms with Gasteiger partial charge < -0.3 is 19.1 Å².